The molecule has 1 aliphatic carbocycles. The van der Waals surface area contributed by atoms with Crippen molar-refractivity contribution in [3.8, 4) is 11.5 Å². The molecule has 1 saturated carbocycles. The van der Waals surface area contributed by atoms with Gasteiger partial charge in [0.05, 0.1) is 11.4 Å². The highest BCUT2D eigenvalue weighted by atomic mass is 35.5. The van der Waals surface area contributed by atoms with E-state index in [9.17, 15) is 13.2 Å². The minimum atomic E-state index is -3.68. The average Bonchev–Trinajstić information content (AvgIpc) is 2.98. The molecule has 1 aromatic carbocycles. The molecule has 1 aliphatic rings. The standard InChI is InChI=1S/C21H27ClN2O4S/c1-13-6-4-9-18(14(13)2)23-20(25)12-29(26,27)11-19-15(3)28-21(24-19)16-7-5-8-17(22)10-16/h5,7-8,10,13-14,18H,4,6,9,11-12H2,1-3H3,(H,23,25)/t13-,14-,18+/m0/s1. The molecule has 8 heteroatoms. The number of nitrogens with one attached hydrogen (secondary N) is 1. The van der Waals surface area contributed by atoms with Crippen molar-refractivity contribution in [1.29, 1.82) is 0 Å². The van der Waals surface area contributed by atoms with Crippen molar-refractivity contribution in [3.63, 3.8) is 0 Å². The van der Waals surface area contributed by atoms with E-state index >= 15 is 0 Å². The summed E-state index contributed by atoms with van der Waals surface area (Å²) in [5, 5.41) is 3.45. The van der Waals surface area contributed by atoms with Gasteiger partial charge < -0.3 is 9.73 Å². The molecule has 0 aliphatic heterocycles. The Morgan fingerprint density at radius 2 is 2.07 bits per heavy atom. The van der Waals surface area contributed by atoms with Crippen LogP contribution in [0.2, 0.25) is 5.02 Å². The predicted molar refractivity (Wildman–Crippen MR) is 113 cm³/mol. The van der Waals surface area contributed by atoms with Gasteiger partial charge >= 0.3 is 0 Å². The van der Waals surface area contributed by atoms with Gasteiger partial charge in [-0.05, 0) is 43.4 Å². The minimum absolute atomic E-state index is 0.0321. The number of carbonyl (C=O) groups excluding carboxylic acids is 1. The zero-order chi connectivity index (χ0) is 21.2. The van der Waals surface area contributed by atoms with E-state index in [0.29, 0.717) is 39.8 Å². The Labute approximate surface area is 177 Å². The fraction of sp³-hybridized carbons (Fsp3) is 0.524. The molecule has 6 nitrogen and oxygen atoms in total. The highest BCUT2D eigenvalue weighted by Gasteiger charge is 2.30. The minimum Gasteiger partial charge on any atom is -0.441 e. The lowest BCUT2D eigenvalue weighted by Gasteiger charge is -2.34. The largest absolute Gasteiger partial charge is 0.441 e. The van der Waals surface area contributed by atoms with Crippen molar-refractivity contribution in [1.82, 2.24) is 10.3 Å². The molecule has 158 valence electrons. The van der Waals surface area contributed by atoms with Gasteiger partial charge in [-0.2, -0.15) is 0 Å². The van der Waals surface area contributed by atoms with Gasteiger partial charge in [0, 0.05) is 16.6 Å². The molecule has 2 aromatic rings. The van der Waals surface area contributed by atoms with E-state index in [1.54, 1.807) is 31.2 Å². The highest BCUT2D eigenvalue weighted by molar-refractivity contribution is 7.91. The number of hydrogen-bond donors (Lipinski definition) is 1. The number of hydrogen-bond acceptors (Lipinski definition) is 5. The van der Waals surface area contributed by atoms with Crippen molar-refractivity contribution in [2.45, 2.75) is 51.8 Å². The summed E-state index contributed by atoms with van der Waals surface area (Å²) in [6.45, 7) is 5.95. The Balaban J connectivity index is 1.65. The molecule has 1 amide bonds. The summed E-state index contributed by atoms with van der Waals surface area (Å²) in [6, 6.07) is 7.02. The SMILES string of the molecule is Cc1oc(-c2cccc(Cl)c2)nc1CS(=O)(=O)CC(=O)N[C@@H]1CCC[C@H](C)[C@@H]1C. The van der Waals surface area contributed by atoms with Crippen molar-refractivity contribution >= 4 is 27.3 Å². The second kappa shape index (κ2) is 8.88. The van der Waals surface area contributed by atoms with E-state index in [1.807, 2.05) is 0 Å². The van der Waals surface area contributed by atoms with Crippen LogP contribution in [0.15, 0.2) is 28.7 Å². The summed E-state index contributed by atoms with van der Waals surface area (Å²) in [5.41, 5.74) is 0.981. The summed E-state index contributed by atoms with van der Waals surface area (Å²) in [7, 11) is -3.68. The predicted octanol–water partition coefficient (Wildman–Crippen LogP) is 4.16. The van der Waals surface area contributed by atoms with Crippen LogP contribution in [0, 0.1) is 18.8 Å². The number of halogens is 1. The van der Waals surface area contributed by atoms with Crippen LogP contribution in [-0.4, -0.2) is 31.1 Å². The maximum Gasteiger partial charge on any atom is 0.235 e. The number of oxazole rings is 1. The quantitative estimate of drug-likeness (QED) is 0.731. The third kappa shape index (κ3) is 5.60. The fourth-order valence-electron chi connectivity index (χ4n) is 3.80. The first-order chi connectivity index (χ1) is 13.6. The van der Waals surface area contributed by atoms with E-state index in [-0.39, 0.29) is 11.8 Å². The van der Waals surface area contributed by atoms with E-state index in [0.717, 1.165) is 19.3 Å². The van der Waals surface area contributed by atoms with Crippen LogP contribution in [0.25, 0.3) is 11.5 Å². The second-order valence-corrected chi connectivity index (χ2v) is 10.5. The molecule has 29 heavy (non-hydrogen) atoms. The Kier molecular flexibility index (Phi) is 6.69. The Hall–Kier alpha value is -1.86. The highest BCUT2D eigenvalue weighted by Crippen LogP contribution is 2.29. The van der Waals surface area contributed by atoms with Gasteiger partial charge in [0.1, 0.15) is 11.5 Å². The third-order valence-corrected chi connectivity index (χ3v) is 7.38. The summed E-state index contributed by atoms with van der Waals surface area (Å²) in [5.74, 6) is 0.244. The average molecular weight is 439 g/mol. The van der Waals surface area contributed by atoms with Gasteiger partial charge in [0.2, 0.25) is 11.8 Å². The van der Waals surface area contributed by atoms with Gasteiger partial charge in [0.15, 0.2) is 9.84 Å². The lowest BCUT2D eigenvalue weighted by molar-refractivity contribution is -0.120. The number of carbonyl (C=O) groups is 1. The zero-order valence-electron chi connectivity index (χ0n) is 16.9. The molecule has 0 spiro atoms. The van der Waals surface area contributed by atoms with Crippen LogP contribution in [-0.2, 0) is 20.4 Å². The molecule has 1 aromatic heterocycles. The smallest absolute Gasteiger partial charge is 0.235 e. The molecular formula is C21H27ClN2O4S. The van der Waals surface area contributed by atoms with Gasteiger partial charge in [0.25, 0.3) is 0 Å². The van der Waals surface area contributed by atoms with Crippen LogP contribution in [0.5, 0.6) is 0 Å². The number of rotatable bonds is 6. The zero-order valence-corrected chi connectivity index (χ0v) is 18.5. The third-order valence-electron chi connectivity index (χ3n) is 5.73. The molecule has 0 saturated heterocycles. The van der Waals surface area contributed by atoms with E-state index in [4.69, 9.17) is 16.0 Å². The molecule has 1 N–H and O–H groups in total. The van der Waals surface area contributed by atoms with Crippen LogP contribution < -0.4 is 5.32 Å². The van der Waals surface area contributed by atoms with Crippen molar-refractivity contribution in [2.24, 2.45) is 11.8 Å². The van der Waals surface area contributed by atoms with E-state index < -0.39 is 21.5 Å². The Morgan fingerprint density at radius 1 is 1.31 bits per heavy atom. The van der Waals surface area contributed by atoms with Gasteiger partial charge in [-0.15, -0.1) is 0 Å². The summed E-state index contributed by atoms with van der Waals surface area (Å²) < 4.78 is 30.8. The molecular weight excluding hydrogens is 412 g/mol. The molecule has 0 radical (unpaired) electrons. The monoisotopic (exact) mass is 438 g/mol. The van der Waals surface area contributed by atoms with Gasteiger partial charge in [-0.1, -0.05) is 44.4 Å². The van der Waals surface area contributed by atoms with E-state index in [2.05, 4.69) is 24.1 Å². The lowest BCUT2D eigenvalue weighted by atomic mass is 9.78. The number of aryl methyl sites for hydroxylation is 1. The second-order valence-electron chi connectivity index (χ2n) is 8.01. The van der Waals surface area contributed by atoms with Crippen molar-refractivity contribution in [3.05, 3.63) is 40.7 Å². The first kappa shape index (κ1) is 21.8. The summed E-state index contributed by atoms with van der Waals surface area (Å²) >= 11 is 5.99. The maximum atomic E-state index is 12.6. The number of aromatic nitrogens is 1. The first-order valence-electron chi connectivity index (χ1n) is 9.86. The number of nitrogens with zero attached hydrogens (tertiary/aromatic N) is 1. The van der Waals surface area contributed by atoms with Crippen LogP contribution in [0.4, 0.5) is 0 Å². The fourth-order valence-corrected chi connectivity index (χ4v) is 5.26. The number of benzene rings is 1. The molecule has 0 unspecified atom stereocenters. The molecule has 1 fully saturated rings. The molecule has 0 bridgehead atoms. The van der Waals surface area contributed by atoms with Crippen LogP contribution in [0.1, 0.15) is 44.6 Å². The van der Waals surface area contributed by atoms with Crippen molar-refractivity contribution < 1.29 is 17.6 Å². The lowest BCUT2D eigenvalue weighted by Crippen LogP contribution is -2.45. The normalized spacial score (nSPS) is 22.4. The number of amides is 1. The van der Waals surface area contributed by atoms with Crippen LogP contribution >= 0.6 is 11.6 Å². The topological polar surface area (TPSA) is 89.3 Å². The van der Waals surface area contributed by atoms with E-state index in [1.165, 1.54) is 0 Å². The molecule has 3 atom stereocenters. The maximum absolute atomic E-state index is 12.6. The van der Waals surface area contributed by atoms with Crippen molar-refractivity contribution in [2.75, 3.05) is 5.75 Å². The van der Waals surface area contributed by atoms with Gasteiger partial charge in [-0.3, -0.25) is 4.79 Å². The first-order valence-corrected chi connectivity index (χ1v) is 12.1. The molecule has 3 rings (SSSR count). The summed E-state index contributed by atoms with van der Waals surface area (Å²) in [6.07, 6.45) is 3.09. The number of sulfone groups is 1. The van der Waals surface area contributed by atoms with Crippen LogP contribution in [0.3, 0.4) is 0 Å². The Morgan fingerprint density at radius 3 is 2.79 bits per heavy atom. The summed E-state index contributed by atoms with van der Waals surface area (Å²) in [4.78, 5) is 16.7. The van der Waals surface area contributed by atoms with Gasteiger partial charge in [-0.25, -0.2) is 13.4 Å². The molecule has 1 heterocycles. The Bertz CT molecular complexity index is 986.